The zero-order valence-electron chi connectivity index (χ0n) is 13.9. The summed E-state index contributed by atoms with van der Waals surface area (Å²) in [6.45, 7) is 10.9. The first-order chi connectivity index (χ1) is 9.81. The summed E-state index contributed by atoms with van der Waals surface area (Å²) < 4.78 is 0. The van der Waals surface area contributed by atoms with Gasteiger partial charge < -0.3 is 5.32 Å². The second kappa shape index (κ2) is 5.84. The number of rotatable bonds is 3. The fraction of sp³-hybridized carbons (Fsp3) is 0.444. The molecule has 3 nitrogen and oxygen atoms in total. The lowest BCUT2D eigenvalue weighted by Gasteiger charge is -2.19. The minimum atomic E-state index is 0.170. The molecule has 0 saturated carbocycles. The topological polar surface area (TPSA) is 37.8 Å². The summed E-state index contributed by atoms with van der Waals surface area (Å²) in [4.78, 5) is 9.20. The molecule has 112 valence electrons. The van der Waals surface area contributed by atoms with Gasteiger partial charge in [-0.1, -0.05) is 58.9 Å². The van der Waals surface area contributed by atoms with Crippen LogP contribution in [0.1, 0.15) is 51.9 Å². The Morgan fingerprint density at radius 2 is 1.62 bits per heavy atom. The standard InChI is InChI=1S/C18H25N3/c1-12(2)17-20-15(11-16(19-6)21-17)13-7-9-14(10-8-13)18(3,4)5/h7-12H,1-6H3,(H,19,20,21). The number of hydrogen-bond donors (Lipinski definition) is 1. The van der Waals surface area contributed by atoms with E-state index in [1.807, 2.05) is 13.1 Å². The van der Waals surface area contributed by atoms with E-state index >= 15 is 0 Å². The average molecular weight is 283 g/mol. The van der Waals surface area contributed by atoms with Crippen LogP contribution in [-0.4, -0.2) is 17.0 Å². The van der Waals surface area contributed by atoms with Crippen molar-refractivity contribution in [3.8, 4) is 11.3 Å². The minimum absolute atomic E-state index is 0.170. The third-order valence-corrected chi connectivity index (χ3v) is 3.56. The van der Waals surface area contributed by atoms with Gasteiger partial charge in [-0.25, -0.2) is 9.97 Å². The lowest BCUT2D eigenvalue weighted by atomic mass is 9.86. The molecule has 3 heteroatoms. The quantitative estimate of drug-likeness (QED) is 0.894. The molecule has 0 aliphatic rings. The van der Waals surface area contributed by atoms with Crippen molar-refractivity contribution in [2.24, 2.45) is 0 Å². The van der Waals surface area contributed by atoms with E-state index in [1.165, 1.54) is 5.56 Å². The highest BCUT2D eigenvalue weighted by Crippen LogP contribution is 2.27. The van der Waals surface area contributed by atoms with Gasteiger partial charge in [0, 0.05) is 24.6 Å². The van der Waals surface area contributed by atoms with Gasteiger partial charge in [-0.2, -0.15) is 0 Å². The molecule has 0 fully saturated rings. The Labute approximate surface area is 127 Å². The molecule has 2 aromatic rings. The Bertz CT molecular complexity index is 607. The first kappa shape index (κ1) is 15.5. The Balaban J connectivity index is 2.44. The number of benzene rings is 1. The third-order valence-electron chi connectivity index (χ3n) is 3.56. The summed E-state index contributed by atoms with van der Waals surface area (Å²) in [5, 5.41) is 3.12. The maximum Gasteiger partial charge on any atom is 0.133 e. The molecule has 21 heavy (non-hydrogen) atoms. The molecule has 0 atom stereocenters. The van der Waals surface area contributed by atoms with Crippen molar-refractivity contribution >= 4 is 5.82 Å². The van der Waals surface area contributed by atoms with Gasteiger partial charge in [-0.15, -0.1) is 0 Å². The van der Waals surface area contributed by atoms with Gasteiger partial charge in [-0.3, -0.25) is 0 Å². The number of hydrogen-bond acceptors (Lipinski definition) is 3. The van der Waals surface area contributed by atoms with Crippen LogP contribution in [0.5, 0.6) is 0 Å². The van der Waals surface area contributed by atoms with E-state index in [2.05, 4.69) is 69.2 Å². The summed E-state index contributed by atoms with van der Waals surface area (Å²) in [5.74, 6) is 2.05. The smallest absolute Gasteiger partial charge is 0.133 e. The molecule has 0 bridgehead atoms. The van der Waals surface area contributed by atoms with Gasteiger partial charge in [0.1, 0.15) is 11.6 Å². The molecule has 1 aromatic carbocycles. The number of nitrogens with one attached hydrogen (secondary N) is 1. The fourth-order valence-electron chi connectivity index (χ4n) is 2.14. The molecule has 1 heterocycles. The second-order valence-corrected chi connectivity index (χ2v) is 6.73. The van der Waals surface area contributed by atoms with Crippen LogP contribution in [0.25, 0.3) is 11.3 Å². The molecule has 0 radical (unpaired) electrons. The first-order valence-corrected chi connectivity index (χ1v) is 7.49. The van der Waals surface area contributed by atoms with Crippen LogP contribution >= 0.6 is 0 Å². The maximum absolute atomic E-state index is 4.69. The van der Waals surface area contributed by atoms with Crippen molar-refractivity contribution in [1.29, 1.82) is 0 Å². The van der Waals surface area contributed by atoms with Crippen LogP contribution in [0.15, 0.2) is 30.3 Å². The molecule has 0 saturated heterocycles. The highest BCUT2D eigenvalue weighted by molar-refractivity contribution is 5.63. The van der Waals surface area contributed by atoms with Crippen LogP contribution in [0.2, 0.25) is 0 Å². The van der Waals surface area contributed by atoms with Gasteiger partial charge >= 0.3 is 0 Å². The second-order valence-electron chi connectivity index (χ2n) is 6.73. The lowest BCUT2D eigenvalue weighted by Crippen LogP contribution is -2.10. The van der Waals surface area contributed by atoms with Crippen LogP contribution in [-0.2, 0) is 5.41 Å². The van der Waals surface area contributed by atoms with Gasteiger partial charge in [0.2, 0.25) is 0 Å². The number of nitrogens with zero attached hydrogens (tertiary/aromatic N) is 2. The summed E-state index contributed by atoms with van der Waals surface area (Å²) in [5.41, 5.74) is 3.60. The van der Waals surface area contributed by atoms with Crippen molar-refractivity contribution in [2.75, 3.05) is 12.4 Å². The predicted octanol–water partition coefficient (Wildman–Crippen LogP) is 4.61. The molecule has 2 rings (SSSR count). The summed E-state index contributed by atoms with van der Waals surface area (Å²) in [6.07, 6.45) is 0. The zero-order valence-corrected chi connectivity index (χ0v) is 13.9. The van der Waals surface area contributed by atoms with E-state index in [9.17, 15) is 0 Å². The van der Waals surface area contributed by atoms with Crippen LogP contribution in [0.3, 0.4) is 0 Å². The van der Waals surface area contributed by atoms with Crippen molar-refractivity contribution in [2.45, 2.75) is 46.0 Å². The van der Waals surface area contributed by atoms with Crippen LogP contribution in [0, 0.1) is 0 Å². The Morgan fingerprint density at radius 1 is 1.00 bits per heavy atom. The molecule has 0 aliphatic carbocycles. The van der Waals surface area contributed by atoms with Gasteiger partial charge in [-0.05, 0) is 11.0 Å². The molecular formula is C18H25N3. The van der Waals surface area contributed by atoms with E-state index in [4.69, 9.17) is 4.98 Å². The summed E-state index contributed by atoms with van der Waals surface area (Å²) >= 11 is 0. The van der Waals surface area contributed by atoms with E-state index in [1.54, 1.807) is 0 Å². The largest absolute Gasteiger partial charge is 0.373 e. The predicted molar refractivity (Wildman–Crippen MR) is 89.8 cm³/mol. The number of aromatic nitrogens is 2. The van der Waals surface area contributed by atoms with E-state index in [-0.39, 0.29) is 5.41 Å². The van der Waals surface area contributed by atoms with Gasteiger partial charge in [0.25, 0.3) is 0 Å². The Kier molecular flexibility index (Phi) is 4.31. The molecule has 0 amide bonds. The zero-order chi connectivity index (χ0) is 15.6. The molecular weight excluding hydrogens is 258 g/mol. The third kappa shape index (κ3) is 3.60. The van der Waals surface area contributed by atoms with E-state index in [0.717, 1.165) is 22.9 Å². The Morgan fingerprint density at radius 3 is 2.10 bits per heavy atom. The van der Waals surface area contributed by atoms with Crippen molar-refractivity contribution in [1.82, 2.24) is 9.97 Å². The molecule has 0 spiro atoms. The van der Waals surface area contributed by atoms with Gasteiger partial charge in [0.15, 0.2) is 0 Å². The fourth-order valence-corrected chi connectivity index (χ4v) is 2.14. The average Bonchev–Trinajstić information content (AvgIpc) is 2.46. The maximum atomic E-state index is 4.69. The minimum Gasteiger partial charge on any atom is -0.373 e. The summed E-state index contributed by atoms with van der Waals surface area (Å²) in [6, 6.07) is 10.7. The molecule has 1 aromatic heterocycles. The van der Waals surface area contributed by atoms with Crippen LogP contribution in [0.4, 0.5) is 5.82 Å². The monoisotopic (exact) mass is 283 g/mol. The highest BCUT2D eigenvalue weighted by Gasteiger charge is 2.14. The first-order valence-electron chi connectivity index (χ1n) is 7.49. The Hall–Kier alpha value is -1.90. The van der Waals surface area contributed by atoms with Crippen molar-refractivity contribution in [3.63, 3.8) is 0 Å². The number of anilines is 1. The van der Waals surface area contributed by atoms with Gasteiger partial charge in [0.05, 0.1) is 5.69 Å². The van der Waals surface area contributed by atoms with E-state index in [0.29, 0.717) is 5.92 Å². The lowest BCUT2D eigenvalue weighted by molar-refractivity contribution is 0.590. The SMILES string of the molecule is CNc1cc(-c2ccc(C(C)(C)C)cc2)nc(C(C)C)n1. The highest BCUT2D eigenvalue weighted by atomic mass is 15.0. The summed E-state index contributed by atoms with van der Waals surface area (Å²) in [7, 11) is 1.89. The van der Waals surface area contributed by atoms with E-state index < -0.39 is 0 Å². The normalized spacial score (nSPS) is 11.8. The van der Waals surface area contributed by atoms with Crippen LogP contribution < -0.4 is 5.32 Å². The molecule has 1 N–H and O–H groups in total. The van der Waals surface area contributed by atoms with Crippen molar-refractivity contribution < 1.29 is 0 Å². The van der Waals surface area contributed by atoms with Crippen molar-refractivity contribution in [3.05, 3.63) is 41.7 Å². The molecule has 0 unspecified atom stereocenters. The molecule has 0 aliphatic heterocycles.